The number of hydrogen-bond donors (Lipinski definition) is 0. The Morgan fingerprint density at radius 3 is 2.74 bits per heavy atom. The number of carbonyl (C=O) groups is 1. The third-order valence-electron chi connectivity index (χ3n) is 3.04. The summed E-state index contributed by atoms with van der Waals surface area (Å²) in [5.74, 6) is 0.467. The third kappa shape index (κ3) is 3.72. The van der Waals surface area contributed by atoms with Crippen LogP contribution in [0.3, 0.4) is 0 Å². The highest BCUT2D eigenvalue weighted by atomic mass is 16.5. The molecule has 0 bridgehead atoms. The monoisotopic (exact) mass is 260 g/mol. The summed E-state index contributed by atoms with van der Waals surface area (Å²) >= 11 is 0. The number of aryl methyl sites for hydroxylation is 1. The van der Waals surface area contributed by atoms with Crippen LogP contribution in [0.4, 0.5) is 0 Å². The van der Waals surface area contributed by atoms with Gasteiger partial charge in [-0.25, -0.2) is 0 Å². The SMILES string of the molecule is CCN(CC(C)C#N)C(=O)c1ccc(C)c(OC)c1. The first-order valence-corrected chi connectivity index (χ1v) is 6.37. The van der Waals surface area contributed by atoms with E-state index in [0.717, 1.165) is 5.56 Å². The van der Waals surface area contributed by atoms with Crippen molar-refractivity contribution in [2.75, 3.05) is 20.2 Å². The van der Waals surface area contributed by atoms with Gasteiger partial charge in [-0.3, -0.25) is 4.79 Å². The van der Waals surface area contributed by atoms with Gasteiger partial charge in [0.05, 0.1) is 19.1 Å². The van der Waals surface area contributed by atoms with Gasteiger partial charge in [-0.1, -0.05) is 6.07 Å². The molecule has 4 nitrogen and oxygen atoms in total. The number of rotatable bonds is 5. The van der Waals surface area contributed by atoms with Crippen molar-refractivity contribution in [1.29, 1.82) is 5.26 Å². The Bertz CT molecular complexity index is 491. The van der Waals surface area contributed by atoms with Crippen LogP contribution in [-0.4, -0.2) is 31.0 Å². The molecule has 1 amide bonds. The van der Waals surface area contributed by atoms with Gasteiger partial charge in [0.2, 0.25) is 0 Å². The maximum atomic E-state index is 12.4. The summed E-state index contributed by atoms with van der Waals surface area (Å²) in [6, 6.07) is 7.56. The van der Waals surface area contributed by atoms with Gasteiger partial charge in [0.1, 0.15) is 5.75 Å². The lowest BCUT2D eigenvalue weighted by Gasteiger charge is -2.22. The fourth-order valence-electron chi connectivity index (χ4n) is 1.86. The van der Waals surface area contributed by atoms with Crippen LogP contribution in [0, 0.1) is 24.2 Å². The maximum Gasteiger partial charge on any atom is 0.254 e. The van der Waals surface area contributed by atoms with E-state index >= 15 is 0 Å². The fraction of sp³-hybridized carbons (Fsp3) is 0.467. The molecule has 1 rings (SSSR count). The summed E-state index contributed by atoms with van der Waals surface area (Å²) in [6.45, 7) is 6.69. The number of nitriles is 1. The minimum absolute atomic E-state index is 0.0668. The normalized spacial score (nSPS) is 11.5. The van der Waals surface area contributed by atoms with Gasteiger partial charge in [-0.2, -0.15) is 5.26 Å². The molecule has 0 spiro atoms. The second-order valence-electron chi connectivity index (χ2n) is 4.56. The van der Waals surface area contributed by atoms with Crippen LogP contribution in [0.25, 0.3) is 0 Å². The minimum Gasteiger partial charge on any atom is -0.496 e. The van der Waals surface area contributed by atoms with Crippen LogP contribution in [0.15, 0.2) is 18.2 Å². The van der Waals surface area contributed by atoms with E-state index in [1.807, 2.05) is 26.8 Å². The zero-order valence-electron chi connectivity index (χ0n) is 11.9. The molecule has 0 aromatic heterocycles. The number of carbonyl (C=O) groups excluding carboxylic acids is 1. The first kappa shape index (κ1) is 15.0. The van der Waals surface area contributed by atoms with Crippen LogP contribution >= 0.6 is 0 Å². The van der Waals surface area contributed by atoms with Crippen molar-refractivity contribution < 1.29 is 9.53 Å². The van der Waals surface area contributed by atoms with E-state index in [1.54, 1.807) is 24.1 Å². The second-order valence-corrected chi connectivity index (χ2v) is 4.56. The molecular formula is C15H20N2O2. The quantitative estimate of drug-likeness (QED) is 0.817. The lowest BCUT2D eigenvalue weighted by atomic mass is 10.1. The van der Waals surface area contributed by atoms with Crippen molar-refractivity contribution in [3.8, 4) is 11.8 Å². The zero-order chi connectivity index (χ0) is 14.4. The number of nitrogens with zero attached hydrogens (tertiary/aromatic N) is 2. The topological polar surface area (TPSA) is 53.3 Å². The van der Waals surface area contributed by atoms with Crippen molar-refractivity contribution in [3.05, 3.63) is 29.3 Å². The van der Waals surface area contributed by atoms with E-state index in [1.165, 1.54) is 0 Å². The number of amides is 1. The Kier molecular flexibility index (Phi) is 5.37. The molecule has 1 aromatic rings. The van der Waals surface area contributed by atoms with E-state index in [0.29, 0.717) is 24.4 Å². The molecule has 0 aliphatic carbocycles. The Hall–Kier alpha value is -2.02. The second kappa shape index (κ2) is 6.79. The molecule has 1 unspecified atom stereocenters. The van der Waals surface area contributed by atoms with Crippen molar-refractivity contribution in [2.24, 2.45) is 5.92 Å². The Balaban J connectivity index is 2.95. The van der Waals surface area contributed by atoms with Crippen molar-refractivity contribution in [2.45, 2.75) is 20.8 Å². The van der Waals surface area contributed by atoms with Crippen molar-refractivity contribution >= 4 is 5.91 Å². The molecule has 0 saturated carbocycles. The Labute approximate surface area is 114 Å². The largest absolute Gasteiger partial charge is 0.496 e. The predicted molar refractivity (Wildman–Crippen MR) is 74.1 cm³/mol. The molecular weight excluding hydrogens is 240 g/mol. The average Bonchev–Trinajstić information content (AvgIpc) is 2.44. The molecule has 1 atom stereocenters. The highest BCUT2D eigenvalue weighted by Gasteiger charge is 2.17. The molecule has 0 heterocycles. The lowest BCUT2D eigenvalue weighted by molar-refractivity contribution is 0.0752. The van der Waals surface area contributed by atoms with Crippen LogP contribution in [0.2, 0.25) is 0 Å². The van der Waals surface area contributed by atoms with E-state index in [9.17, 15) is 4.79 Å². The number of ether oxygens (including phenoxy) is 1. The molecule has 102 valence electrons. The standard InChI is InChI=1S/C15H20N2O2/c1-5-17(10-11(2)9-16)15(18)13-7-6-12(3)14(8-13)19-4/h6-8,11H,5,10H2,1-4H3. The van der Waals surface area contributed by atoms with Crippen molar-refractivity contribution in [1.82, 2.24) is 4.90 Å². The highest BCUT2D eigenvalue weighted by Crippen LogP contribution is 2.20. The summed E-state index contributed by atoms with van der Waals surface area (Å²) in [4.78, 5) is 14.0. The number of methoxy groups -OCH3 is 1. The average molecular weight is 260 g/mol. The molecule has 19 heavy (non-hydrogen) atoms. The zero-order valence-corrected chi connectivity index (χ0v) is 11.9. The van der Waals surface area contributed by atoms with Crippen molar-refractivity contribution in [3.63, 3.8) is 0 Å². The Morgan fingerprint density at radius 1 is 1.53 bits per heavy atom. The molecule has 0 fully saturated rings. The number of hydrogen-bond acceptors (Lipinski definition) is 3. The summed E-state index contributed by atoms with van der Waals surface area (Å²) < 4.78 is 5.23. The van der Waals surface area contributed by atoms with Gasteiger partial charge in [-0.05, 0) is 38.5 Å². The molecule has 0 N–H and O–H groups in total. The molecule has 0 aliphatic rings. The van der Waals surface area contributed by atoms with E-state index < -0.39 is 0 Å². The predicted octanol–water partition coefficient (Wildman–Crippen LogP) is 2.63. The van der Waals surface area contributed by atoms with Crippen LogP contribution in [0.5, 0.6) is 5.75 Å². The van der Waals surface area contributed by atoms with E-state index in [2.05, 4.69) is 6.07 Å². The summed E-state index contributed by atoms with van der Waals surface area (Å²) in [5.41, 5.74) is 1.59. The summed E-state index contributed by atoms with van der Waals surface area (Å²) in [6.07, 6.45) is 0. The molecule has 0 radical (unpaired) electrons. The highest BCUT2D eigenvalue weighted by molar-refractivity contribution is 5.94. The van der Waals surface area contributed by atoms with Gasteiger partial charge in [0.15, 0.2) is 0 Å². The van der Waals surface area contributed by atoms with Crippen LogP contribution < -0.4 is 4.74 Å². The smallest absolute Gasteiger partial charge is 0.254 e. The Morgan fingerprint density at radius 2 is 2.21 bits per heavy atom. The van der Waals surface area contributed by atoms with E-state index in [-0.39, 0.29) is 11.8 Å². The lowest BCUT2D eigenvalue weighted by Crippen LogP contribution is -2.34. The third-order valence-corrected chi connectivity index (χ3v) is 3.04. The summed E-state index contributed by atoms with van der Waals surface area (Å²) in [7, 11) is 1.59. The van der Waals surface area contributed by atoms with Gasteiger partial charge < -0.3 is 9.64 Å². The van der Waals surface area contributed by atoms with Crippen LogP contribution in [0.1, 0.15) is 29.8 Å². The molecule has 0 aliphatic heterocycles. The summed E-state index contributed by atoms with van der Waals surface area (Å²) in [5, 5.41) is 8.84. The molecule has 0 saturated heterocycles. The maximum absolute atomic E-state index is 12.4. The number of benzene rings is 1. The molecule has 4 heteroatoms. The minimum atomic E-state index is -0.170. The molecule has 1 aromatic carbocycles. The van der Waals surface area contributed by atoms with Gasteiger partial charge in [0.25, 0.3) is 5.91 Å². The first-order chi connectivity index (χ1) is 9.03. The van der Waals surface area contributed by atoms with Gasteiger partial charge in [0, 0.05) is 18.7 Å². The fourth-order valence-corrected chi connectivity index (χ4v) is 1.86. The van der Waals surface area contributed by atoms with Gasteiger partial charge >= 0.3 is 0 Å². The van der Waals surface area contributed by atoms with Crippen LogP contribution in [-0.2, 0) is 0 Å². The van der Waals surface area contributed by atoms with Gasteiger partial charge in [-0.15, -0.1) is 0 Å². The first-order valence-electron chi connectivity index (χ1n) is 6.37. The van der Waals surface area contributed by atoms with E-state index in [4.69, 9.17) is 10.00 Å².